The summed E-state index contributed by atoms with van der Waals surface area (Å²) < 4.78 is 21.4. The van der Waals surface area contributed by atoms with E-state index in [4.69, 9.17) is 11.6 Å². The molecule has 0 bridgehead atoms. The Morgan fingerprint density at radius 2 is 1.93 bits per heavy atom. The molecule has 0 aromatic heterocycles. The molecule has 0 radical (unpaired) electrons. The van der Waals surface area contributed by atoms with Crippen LogP contribution in [-0.2, 0) is 14.6 Å². The highest BCUT2D eigenvalue weighted by molar-refractivity contribution is 7.92. The normalized spacial score (nSPS) is 19.7. The zero-order valence-electron chi connectivity index (χ0n) is 9.13. The molecule has 15 heavy (non-hydrogen) atoms. The molecule has 4 nitrogen and oxygen atoms in total. The monoisotopic (exact) mass is 253 g/mol. The highest BCUT2D eigenvalue weighted by atomic mass is 35.5. The molecule has 0 aromatic carbocycles. The number of hydrogen-bond donors (Lipinski definition) is 1. The van der Waals surface area contributed by atoms with E-state index < -0.39 is 20.5 Å². The molecular formula is C9H16ClNO3S. The molecule has 0 unspecified atom stereocenters. The van der Waals surface area contributed by atoms with Crippen LogP contribution in [0.5, 0.6) is 0 Å². The van der Waals surface area contributed by atoms with E-state index in [-0.39, 0.29) is 5.54 Å². The summed E-state index contributed by atoms with van der Waals surface area (Å²) in [6, 6.07) is 0. The lowest BCUT2D eigenvalue weighted by molar-refractivity contribution is -0.123. The van der Waals surface area contributed by atoms with Crippen LogP contribution in [0.2, 0.25) is 0 Å². The van der Waals surface area contributed by atoms with E-state index >= 15 is 0 Å². The molecule has 0 heterocycles. The number of rotatable bonds is 4. The van der Waals surface area contributed by atoms with Gasteiger partial charge in [0.15, 0.2) is 9.84 Å². The van der Waals surface area contributed by atoms with Crippen molar-refractivity contribution in [2.75, 3.05) is 12.1 Å². The quantitative estimate of drug-likeness (QED) is 0.750. The molecule has 6 heteroatoms. The maximum atomic E-state index is 11.8. The number of carbonyl (C=O) groups is 1. The number of sulfone groups is 1. The molecule has 0 saturated heterocycles. The standard InChI is InChI=1S/C9H16ClNO3S/c1-8(2,15(3,13)14)7(12)11-9(6-10)4-5-9/h4-6H2,1-3H3,(H,11,12). The van der Waals surface area contributed by atoms with Crippen LogP contribution in [0.3, 0.4) is 0 Å². The minimum Gasteiger partial charge on any atom is -0.348 e. The van der Waals surface area contributed by atoms with Gasteiger partial charge in [0.25, 0.3) is 0 Å². The van der Waals surface area contributed by atoms with Crippen LogP contribution in [0.1, 0.15) is 26.7 Å². The average molecular weight is 254 g/mol. The largest absolute Gasteiger partial charge is 0.348 e. The molecule has 1 saturated carbocycles. The molecular weight excluding hydrogens is 238 g/mol. The van der Waals surface area contributed by atoms with Crippen molar-refractivity contribution in [2.45, 2.75) is 37.0 Å². The number of amides is 1. The van der Waals surface area contributed by atoms with Gasteiger partial charge in [0, 0.05) is 12.1 Å². The summed E-state index contributed by atoms with van der Waals surface area (Å²) in [4.78, 5) is 11.8. The maximum absolute atomic E-state index is 11.8. The van der Waals surface area contributed by atoms with Crippen molar-refractivity contribution in [1.29, 1.82) is 0 Å². The zero-order valence-corrected chi connectivity index (χ0v) is 10.7. The van der Waals surface area contributed by atoms with Gasteiger partial charge in [0.1, 0.15) is 4.75 Å². The van der Waals surface area contributed by atoms with E-state index in [0.29, 0.717) is 5.88 Å². The third kappa shape index (κ3) is 2.45. The molecule has 1 fully saturated rings. The third-order valence-corrected chi connectivity index (χ3v) is 5.51. The first kappa shape index (κ1) is 12.8. The van der Waals surface area contributed by atoms with Crippen LogP contribution < -0.4 is 5.32 Å². The molecule has 0 aliphatic heterocycles. The molecule has 1 rings (SSSR count). The SMILES string of the molecule is CC(C)(C(=O)NC1(CCl)CC1)S(C)(=O)=O. The Morgan fingerprint density at radius 1 is 1.47 bits per heavy atom. The van der Waals surface area contributed by atoms with Gasteiger partial charge in [0.05, 0.1) is 5.54 Å². The second kappa shape index (κ2) is 3.63. The van der Waals surface area contributed by atoms with Gasteiger partial charge in [-0.3, -0.25) is 4.79 Å². The first-order chi connectivity index (χ1) is 6.65. The Kier molecular flexibility index (Phi) is 3.09. The number of nitrogens with one attached hydrogen (secondary N) is 1. The van der Waals surface area contributed by atoms with Gasteiger partial charge in [-0.25, -0.2) is 8.42 Å². The van der Waals surface area contributed by atoms with Crippen molar-refractivity contribution in [3.8, 4) is 0 Å². The minimum atomic E-state index is -3.41. The van der Waals surface area contributed by atoms with Gasteiger partial charge < -0.3 is 5.32 Å². The summed E-state index contributed by atoms with van der Waals surface area (Å²) in [5.74, 6) is -0.137. The molecule has 1 aliphatic carbocycles. The zero-order chi connectivity index (χ0) is 11.9. The Labute approximate surface area is 95.3 Å². The maximum Gasteiger partial charge on any atom is 0.241 e. The fourth-order valence-corrected chi connectivity index (χ4v) is 1.72. The predicted molar refractivity (Wildman–Crippen MR) is 59.8 cm³/mol. The topological polar surface area (TPSA) is 63.2 Å². The molecule has 0 spiro atoms. The summed E-state index contributed by atoms with van der Waals surface area (Å²) >= 11 is 5.70. The van der Waals surface area contributed by atoms with Crippen LogP contribution in [0.15, 0.2) is 0 Å². The van der Waals surface area contributed by atoms with Crippen LogP contribution in [0, 0.1) is 0 Å². The van der Waals surface area contributed by atoms with E-state index in [1.807, 2.05) is 0 Å². The molecule has 0 atom stereocenters. The van der Waals surface area contributed by atoms with Gasteiger partial charge in [-0.2, -0.15) is 0 Å². The second-order valence-electron chi connectivity index (χ2n) is 4.65. The Bertz CT molecular complexity index is 371. The first-order valence-electron chi connectivity index (χ1n) is 4.73. The van der Waals surface area contributed by atoms with Crippen LogP contribution in [0.25, 0.3) is 0 Å². The van der Waals surface area contributed by atoms with Crippen molar-refractivity contribution >= 4 is 27.3 Å². The predicted octanol–water partition coefficient (Wildman–Crippen LogP) is 0.697. The van der Waals surface area contributed by atoms with E-state index in [2.05, 4.69) is 5.32 Å². The molecule has 1 amide bonds. The third-order valence-electron chi connectivity index (χ3n) is 2.96. The second-order valence-corrected chi connectivity index (χ2v) is 7.48. The van der Waals surface area contributed by atoms with E-state index in [0.717, 1.165) is 19.1 Å². The fourth-order valence-electron chi connectivity index (χ4n) is 1.00. The molecule has 1 aliphatic rings. The minimum absolute atomic E-state index is 0.332. The smallest absolute Gasteiger partial charge is 0.241 e. The summed E-state index contributed by atoms with van der Waals surface area (Å²) in [5, 5.41) is 2.71. The number of halogens is 1. The Hall–Kier alpha value is -0.290. The van der Waals surface area contributed by atoms with E-state index in [1.165, 1.54) is 13.8 Å². The van der Waals surface area contributed by atoms with Gasteiger partial charge >= 0.3 is 0 Å². The van der Waals surface area contributed by atoms with Crippen LogP contribution in [-0.4, -0.2) is 36.7 Å². The van der Waals surface area contributed by atoms with E-state index in [1.54, 1.807) is 0 Å². The summed E-state index contributed by atoms with van der Waals surface area (Å²) in [6.07, 6.45) is 2.71. The summed E-state index contributed by atoms with van der Waals surface area (Å²) in [5.41, 5.74) is -0.361. The highest BCUT2D eigenvalue weighted by Gasteiger charge is 2.48. The number of carbonyl (C=O) groups excluding carboxylic acids is 1. The van der Waals surface area contributed by atoms with Gasteiger partial charge in [-0.15, -0.1) is 11.6 Å². The number of hydrogen-bond acceptors (Lipinski definition) is 3. The Morgan fingerprint density at radius 3 is 2.20 bits per heavy atom. The lowest BCUT2D eigenvalue weighted by atomic mass is 10.1. The van der Waals surface area contributed by atoms with Crippen molar-refractivity contribution in [3.63, 3.8) is 0 Å². The highest BCUT2D eigenvalue weighted by Crippen LogP contribution is 2.37. The lowest BCUT2D eigenvalue weighted by Gasteiger charge is -2.24. The van der Waals surface area contributed by atoms with Gasteiger partial charge in [-0.05, 0) is 26.7 Å². The van der Waals surface area contributed by atoms with Crippen LogP contribution in [0.4, 0.5) is 0 Å². The molecule has 0 aromatic rings. The number of alkyl halides is 1. The van der Waals surface area contributed by atoms with Crippen molar-refractivity contribution in [3.05, 3.63) is 0 Å². The Balaban J connectivity index is 2.78. The van der Waals surface area contributed by atoms with Crippen molar-refractivity contribution < 1.29 is 13.2 Å². The molecule has 1 N–H and O–H groups in total. The summed E-state index contributed by atoms with van der Waals surface area (Å²) in [7, 11) is -3.41. The first-order valence-corrected chi connectivity index (χ1v) is 7.15. The van der Waals surface area contributed by atoms with Crippen molar-refractivity contribution in [2.24, 2.45) is 0 Å². The molecule has 88 valence electrons. The summed E-state index contributed by atoms with van der Waals surface area (Å²) in [6.45, 7) is 2.81. The van der Waals surface area contributed by atoms with E-state index in [9.17, 15) is 13.2 Å². The fraction of sp³-hybridized carbons (Fsp3) is 0.889. The van der Waals surface area contributed by atoms with Gasteiger partial charge in [0.2, 0.25) is 5.91 Å². The average Bonchev–Trinajstić information content (AvgIpc) is 2.83. The van der Waals surface area contributed by atoms with Gasteiger partial charge in [-0.1, -0.05) is 0 Å². The lowest BCUT2D eigenvalue weighted by Crippen LogP contribution is -2.52. The van der Waals surface area contributed by atoms with Crippen molar-refractivity contribution in [1.82, 2.24) is 5.32 Å². The van der Waals surface area contributed by atoms with Crippen LogP contribution >= 0.6 is 11.6 Å².